The Morgan fingerprint density at radius 3 is 2.18 bits per heavy atom. The van der Waals surface area contributed by atoms with Crippen molar-refractivity contribution in [3.63, 3.8) is 0 Å². The lowest BCUT2D eigenvalue weighted by Gasteiger charge is -2.23. The van der Waals surface area contributed by atoms with E-state index in [4.69, 9.17) is 11.6 Å². The number of alkyl halides is 1. The summed E-state index contributed by atoms with van der Waals surface area (Å²) in [6, 6.07) is 16.6. The van der Waals surface area contributed by atoms with Crippen molar-refractivity contribution in [2.75, 3.05) is 11.9 Å². The standard InChI is InChI=1S/C15H16ClN/c1-12-7-3-5-9-14(12)17(2)15-10-6-4-8-13(15)11-16/h3-10H,11H2,1-2H3. The molecule has 0 saturated heterocycles. The van der Waals surface area contributed by atoms with Crippen LogP contribution in [0.25, 0.3) is 0 Å². The van der Waals surface area contributed by atoms with Gasteiger partial charge in [-0.2, -0.15) is 0 Å². The molecule has 2 aromatic rings. The summed E-state index contributed by atoms with van der Waals surface area (Å²) in [5.74, 6) is 0.534. The number of aryl methyl sites for hydroxylation is 1. The zero-order valence-electron chi connectivity index (χ0n) is 10.2. The predicted octanol–water partition coefficient (Wildman–Crippen LogP) is 4.50. The minimum absolute atomic E-state index is 0.534. The number of rotatable bonds is 3. The first-order chi connectivity index (χ1) is 8.24. The first-order valence-corrected chi connectivity index (χ1v) is 6.20. The van der Waals surface area contributed by atoms with E-state index in [0.717, 1.165) is 11.3 Å². The van der Waals surface area contributed by atoms with Gasteiger partial charge in [0.15, 0.2) is 0 Å². The molecule has 0 aliphatic rings. The van der Waals surface area contributed by atoms with Crippen molar-refractivity contribution in [1.29, 1.82) is 0 Å². The van der Waals surface area contributed by atoms with Gasteiger partial charge < -0.3 is 4.90 Å². The van der Waals surface area contributed by atoms with Crippen LogP contribution in [0.2, 0.25) is 0 Å². The summed E-state index contributed by atoms with van der Waals surface area (Å²) < 4.78 is 0. The van der Waals surface area contributed by atoms with Gasteiger partial charge in [0.1, 0.15) is 0 Å². The molecule has 2 heteroatoms. The fourth-order valence-corrected chi connectivity index (χ4v) is 2.25. The van der Waals surface area contributed by atoms with E-state index in [1.807, 2.05) is 12.1 Å². The lowest BCUT2D eigenvalue weighted by molar-refractivity contribution is 1.16. The Bertz CT molecular complexity index is 508. The molecule has 1 nitrogen and oxygen atoms in total. The summed E-state index contributed by atoms with van der Waals surface area (Å²) in [5.41, 5.74) is 4.79. The Morgan fingerprint density at radius 1 is 0.941 bits per heavy atom. The largest absolute Gasteiger partial charge is 0.344 e. The summed E-state index contributed by atoms with van der Waals surface area (Å²) >= 11 is 5.98. The number of hydrogen-bond donors (Lipinski definition) is 0. The van der Waals surface area contributed by atoms with Gasteiger partial charge in [0, 0.05) is 24.3 Å². The van der Waals surface area contributed by atoms with Crippen molar-refractivity contribution in [2.24, 2.45) is 0 Å². The molecular weight excluding hydrogens is 230 g/mol. The summed E-state index contributed by atoms with van der Waals surface area (Å²) in [6.07, 6.45) is 0. The van der Waals surface area contributed by atoms with Crippen LogP contribution in [0.15, 0.2) is 48.5 Å². The number of hydrogen-bond acceptors (Lipinski definition) is 1. The van der Waals surface area contributed by atoms with Crippen LogP contribution in [0, 0.1) is 6.92 Å². The molecule has 17 heavy (non-hydrogen) atoms. The average molecular weight is 246 g/mol. The second-order valence-corrected chi connectivity index (χ2v) is 4.38. The van der Waals surface area contributed by atoms with Crippen LogP contribution in [-0.4, -0.2) is 7.05 Å². The number of benzene rings is 2. The maximum absolute atomic E-state index is 5.98. The molecule has 0 fully saturated rings. The molecule has 2 aromatic carbocycles. The lowest BCUT2D eigenvalue weighted by atomic mass is 10.1. The Labute approximate surface area is 108 Å². The molecule has 0 radical (unpaired) electrons. The number of halogens is 1. The minimum Gasteiger partial charge on any atom is -0.344 e. The third-order valence-corrected chi connectivity index (χ3v) is 3.26. The van der Waals surface area contributed by atoms with Gasteiger partial charge in [0.05, 0.1) is 0 Å². The fraction of sp³-hybridized carbons (Fsp3) is 0.200. The molecule has 0 bridgehead atoms. The van der Waals surface area contributed by atoms with E-state index in [9.17, 15) is 0 Å². The van der Waals surface area contributed by atoms with Crippen molar-refractivity contribution < 1.29 is 0 Å². The molecule has 0 aromatic heterocycles. The maximum atomic E-state index is 5.98. The fourth-order valence-electron chi connectivity index (χ4n) is 2.02. The monoisotopic (exact) mass is 245 g/mol. The highest BCUT2D eigenvalue weighted by Gasteiger charge is 2.09. The molecule has 0 atom stereocenters. The van der Waals surface area contributed by atoms with Crippen LogP contribution in [0.4, 0.5) is 11.4 Å². The van der Waals surface area contributed by atoms with Crippen LogP contribution in [0.5, 0.6) is 0 Å². The van der Waals surface area contributed by atoms with Crippen LogP contribution in [0.1, 0.15) is 11.1 Å². The van der Waals surface area contributed by atoms with E-state index >= 15 is 0 Å². The second-order valence-electron chi connectivity index (χ2n) is 4.11. The van der Waals surface area contributed by atoms with E-state index in [2.05, 4.69) is 55.3 Å². The van der Waals surface area contributed by atoms with E-state index in [0.29, 0.717) is 5.88 Å². The van der Waals surface area contributed by atoms with Gasteiger partial charge in [0.25, 0.3) is 0 Å². The topological polar surface area (TPSA) is 3.24 Å². The van der Waals surface area contributed by atoms with Gasteiger partial charge >= 0.3 is 0 Å². The molecule has 0 unspecified atom stereocenters. The SMILES string of the molecule is Cc1ccccc1N(C)c1ccccc1CCl. The Balaban J connectivity index is 2.44. The van der Waals surface area contributed by atoms with E-state index in [1.165, 1.54) is 11.3 Å². The molecule has 0 amide bonds. The van der Waals surface area contributed by atoms with Crippen LogP contribution in [0.3, 0.4) is 0 Å². The smallest absolute Gasteiger partial charge is 0.0494 e. The Morgan fingerprint density at radius 2 is 1.53 bits per heavy atom. The predicted molar refractivity (Wildman–Crippen MR) is 75.2 cm³/mol. The molecule has 0 spiro atoms. The van der Waals surface area contributed by atoms with Crippen molar-refractivity contribution in [3.8, 4) is 0 Å². The highest BCUT2D eigenvalue weighted by atomic mass is 35.5. The number of anilines is 2. The van der Waals surface area contributed by atoms with E-state index in [1.54, 1.807) is 0 Å². The third kappa shape index (κ3) is 2.45. The van der Waals surface area contributed by atoms with Gasteiger partial charge in [-0.25, -0.2) is 0 Å². The molecule has 88 valence electrons. The van der Waals surface area contributed by atoms with Crippen LogP contribution < -0.4 is 4.90 Å². The second kappa shape index (κ2) is 5.24. The quantitative estimate of drug-likeness (QED) is 0.720. The number of nitrogens with zero attached hydrogens (tertiary/aromatic N) is 1. The highest BCUT2D eigenvalue weighted by molar-refractivity contribution is 6.17. The summed E-state index contributed by atoms with van der Waals surface area (Å²) in [5, 5.41) is 0. The van der Waals surface area contributed by atoms with E-state index in [-0.39, 0.29) is 0 Å². The molecule has 2 rings (SSSR count). The summed E-state index contributed by atoms with van der Waals surface area (Å²) in [7, 11) is 2.08. The zero-order chi connectivity index (χ0) is 12.3. The van der Waals surface area contributed by atoms with Crippen LogP contribution in [-0.2, 0) is 5.88 Å². The van der Waals surface area contributed by atoms with E-state index < -0.39 is 0 Å². The van der Waals surface area contributed by atoms with Crippen molar-refractivity contribution in [2.45, 2.75) is 12.8 Å². The Kier molecular flexibility index (Phi) is 3.70. The summed E-state index contributed by atoms with van der Waals surface area (Å²) in [4.78, 5) is 2.19. The zero-order valence-corrected chi connectivity index (χ0v) is 10.9. The number of para-hydroxylation sites is 2. The van der Waals surface area contributed by atoms with Gasteiger partial charge in [-0.15, -0.1) is 11.6 Å². The maximum Gasteiger partial charge on any atom is 0.0494 e. The first kappa shape index (κ1) is 12.0. The molecule has 0 aliphatic carbocycles. The Hall–Kier alpha value is -1.47. The van der Waals surface area contributed by atoms with Gasteiger partial charge in [0.2, 0.25) is 0 Å². The van der Waals surface area contributed by atoms with Gasteiger partial charge in [-0.3, -0.25) is 0 Å². The average Bonchev–Trinajstić information content (AvgIpc) is 2.38. The lowest BCUT2D eigenvalue weighted by Crippen LogP contribution is -2.12. The van der Waals surface area contributed by atoms with Crippen molar-refractivity contribution in [1.82, 2.24) is 0 Å². The molecule has 0 N–H and O–H groups in total. The highest BCUT2D eigenvalue weighted by Crippen LogP contribution is 2.29. The minimum atomic E-state index is 0.534. The van der Waals surface area contributed by atoms with Crippen molar-refractivity contribution >= 4 is 23.0 Å². The molecular formula is C15H16ClN. The molecule has 0 saturated carbocycles. The molecule has 0 heterocycles. The third-order valence-electron chi connectivity index (χ3n) is 2.97. The van der Waals surface area contributed by atoms with Crippen LogP contribution >= 0.6 is 11.6 Å². The normalized spacial score (nSPS) is 10.3. The first-order valence-electron chi connectivity index (χ1n) is 5.67. The van der Waals surface area contributed by atoms with Gasteiger partial charge in [-0.05, 0) is 30.2 Å². The summed E-state index contributed by atoms with van der Waals surface area (Å²) in [6.45, 7) is 2.12. The molecule has 0 aliphatic heterocycles. The van der Waals surface area contributed by atoms with Crippen molar-refractivity contribution in [3.05, 3.63) is 59.7 Å². The van der Waals surface area contributed by atoms with Gasteiger partial charge in [-0.1, -0.05) is 36.4 Å².